The molecule has 7 nitrogen and oxygen atoms in total. The summed E-state index contributed by atoms with van der Waals surface area (Å²) in [6.07, 6.45) is 8.96. The molecule has 0 bridgehead atoms. The van der Waals surface area contributed by atoms with Crippen LogP contribution in [0.2, 0.25) is 0 Å². The van der Waals surface area contributed by atoms with Crippen LogP contribution < -0.4 is 9.80 Å². The maximum Gasteiger partial charge on any atom is 0.336 e. The summed E-state index contributed by atoms with van der Waals surface area (Å²) in [4.78, 5) is 35.4. The predicted octanol–water partition coefficient (Wildman–Crippen LogP) is 24.2. The van der Waals surface area contributed by atoms with E-state index in [1.54, 1.807) is 11.8 Å². The Kier molecular flexibility index (Phi) is 27.8. The molecule has 0 radical (unpaired) electrons. The minimum absolute atomic E-state index is 0.166. The second kappa shape index (κ2) is 37.4. The highest BCUT2D eigenvalue weighted by Gasteiger charge is 2.46. The van der Waals surface area contributed by atoms with E-state index >= 15 is 0 Å². The summed E-state index contributed by atoms with van der Waals surface area (Å²) in [6.45, 7) is 21.6. The molecule has 1 fully saturated rings. The van der Waals surface area contributed by atoms with Crippen LogP contribution in [0.4, 0.5) is 11.4 Å². The van der Waals surface area contributed by atoms with Crippen LogP contribution in [-0.2, 0) is 58.1 Å². The van der Waals surface area contributed by atoms with Crippen LogP contribution in [0.3, 0.4) is 0 Å². The standard InChI is InChI=1S/C47H51NO2S.C34H35NO2S.C13H18O/c1-5-30-47(31-29-36-19-10-6-11-20-36)33-42(51-41-27-16-9-17-28-41)43(45(49)50-47)44(46(2,3)4)39-25-18-26-40(32-39)48(34-37-21-12-7-13-22-37)35-38-23-14-8-15-24-38;1-34(2,3)32(31(33(36)37)25-38-30-20-11-6-12-21-30)28-18-13-19-29(22-28)35(23-26-14-7-4-8-15-26)24-27-16-9-5-10-17-27;1-2-9-13(11-14-13)10-8-12-6-4-3-5-7-12/h6-28,32,44H,5,29-31,33-35H2,1-4H3;4-22,25,32H,23-24H2,1-3H3,(H,36,37);3-7H,2,8-11H2,1H3/t44-,47+;32-;13-/m110/s1. The number of aryl methyl sites for hydroxylation is 2. The highest BCUT2D eigenvalue weighted by atomic mass is 32.2. The van der Waals surface area contributed by atoms with E-state index in [0.717, 1.165) is 108 Å². The number of nitrogens with zero attached hydrogens (tertiary/aromatic N) is 2. The molecule has 10 aromatic rings. The van der Waals surface area contributed by atoms with Gasteiger partial charge in [0.25, 0.3) is 0 Å². The third kappa shape index (κ3) is 22.9. The van der Waals surface area contributed by atoms with Crippen LogP contribution in [0.15, 0.2) is 322 Å². The van der Waals surface area contributed by atoms with Gasteiger partial charge in [0.15, 0.2) is 0 Å². The molecule has 0 aromatic heterocycles. The van der Waals surface area contributed by atoms with Crippen LogP contribution in [0.1, 0.15) is 157 Å². The molecule has 12 rings (SSSR count). The number of cyclic esters (lactones) is 1. The van der Waals surface area contributed by atoms with Crippen molar-refractivity contribution in [3.8, 4) is 0 Å². The van der Waals surface area contributed by atoms with Gasteiger partial charge in [-0.15, -0.1) is 0 Å². The average Bonchev–Trinajstić information content (AvgIpc) is 1.62. The SMILES string of the molecule is CC(C)(C)[C@@H](C(=CSc1ccccc1)C(=O)O)c1cccc(N(Cc2ccccc2)Cc2ccccc2)c1.CCC[C@]1(CCc2ccccc2)CC(Sc2ccccc2)=C([C@@H](c2cccc(N(Cc3ccccc3)Cc3ccccc3)c2)C(C)(C)C)C(=O)O1.CCC[C@]1(CCc2ccccc2)CO1. The Bertz CT molecular complexity index is 4190. The second-order valence-electron chi connectivity index (χ2n) is 29.7. The number of carbonyl (C=O) groups excluding carboxylic acids is 1. The van der Waals surface area contributed by atoms with Gasteiger partial charge >= 0.3 is 11.9 Å². The first kappa shape index (κ1) is 76.5. The van der Waals surface area contributed by atoms with Gasteiger partial charge in [0, 0.05) is 70.5 Å². The van der Waals surface area contributed by atoms with E-state index in [-0.39, 0.29) is 34.2 Å². The van der Waals surface area contributed by atoms with E-state index in [0.29, 0.717) is 12.0 Å². The number of hydrogen-bond acceptors (Lipinski definition) is 8. The number of thioether (sulfide) groups is 2. The lowest BCUT2D eigenvalue weighted by Gasteiger charge is -2.43. The predicted molar refractivity (Wildman–Crippen MR) is 432 cm³/mol. The largest absolute Gasteiger partial charge is 0.478 e. The molecule has 10 aromatic carbocycles. The lowest BCUT2D eigenvalue weighted by molar-refractivity contribution is -0.159. The van der Waals surface area contributed by atoms with Crippen molar-refractivity contribution in [2.45, 2.75) is 172 Å². The van der Waals surface area contributed by atoms with E-state index in [2.05, 4.69) is 314 Å². The number of anilines is 2. The number of aliphatic carboxylic acids is 1. The Balaban J connectivity index is 0.000000191. The van der Waals surface area contributed by atoms with Gasteiger partial charge in [-0.05, 0) is 148 Å². The Labute approximate surface area is 623 Å². The maximum atomic E-state index is 14.8. The zero-order valence-electron chi connectivity index (χ0n) is 61.6. The fourth-order valence-electron chi connectivity index (χ4n) is 14.3. The van der Waals surface area contributed by atoms with Crippen LogP contribution in [0.5, 0.6) is 0 Å². The van der Waals surface area contributed by atoms with Crippen LogP contribution in [0, 0.1) is 10.8 Å². The van der Waals surface area contributed by atoms with E-state index in [1.807, 2.05) is 47.9 Å². The van der Waals surface area contributed by atoms with Crippen molar-refractivity contribution in [3.05, 3.63) is 357 Å². The summed E-state index contributed by atoms with van der Waals surface area (Å²) in [7, 11) is 0. The van der Waals surface area contributed by atoms with Crippen molar-refractivity contribution >= 4 is 46.8 Å². The highest BCUT2D eigenvalue weighted by Crippen LogP contribution is 2.52. The number of benzene rings is 10. The maximum absolute atomic E-state index is 14.8. The first-order chi connectivity index (χ1) is 49.9. The molecule has 9 heteroatoms. The number of carboxylic acid groups (broad SMARTS) is 1. The van der Waals surface area contributed by atoms with E-state index in [1.165, 1.54) is 64.4 Å². The molecular formula is C94H104N2O5S2. The molecule has 4 atom stereocenters. The van der Waals surface area contributed by atoms with E-state index < -0.39 is 11.6 Å². The fourth-order valence-corrected chi connectivity index (χ4v) is 16.3. The Morgan fingerprint density at radius 2 is 0.835 bits per heavy atom. The highest BCUT2D eigenvalue weighted by molar-refractivity contribution is 8.03. The van der Waals surface area contributed by atoms with Gasteiger partial charge in [-0.25, -0.2) is 9.59 Å². The monoisotopic (exact) mass is 1400 g/mol. The average molecular weight is 1410 g/mol. The molecule has 1 N–H and O–H groups in total. The van der Waals surface area contributed by atoms with E-state index in [9.17, 15) is 14.7 Å². The lowest BCUT2D eigenvalue weighted by atomic mass is 9.70. The Morgan fingerprint density at radius 1 is 0.466 bits per heavy atom. The molecule has 0 saturated carbocycles. The molecule has 1 saturated heterocycles. The second-order valence-corrected chi connectivity index (χ2v) is 31.8. The van der Waals surface area contributed by atoms with Crippen molar-refractivity contribution in [3.63, 3.8) is 0 Å². The number of carboxylic acids is 1. The fraction of sp³-hybridized carbons (Fsp3) is 0.298. The van der Waals surface area contributed by atoms with Gasteiger partial charge in [0.05, 0.1) is 23.4 Å². The summed E-state index contributed by atoms with van der Waals surface area (Å²) in [5, 5.41) is 12.1. The number of rotatable bonds is 29. The first-order valence-electron chi connectivity index (χ1n) is 36.8. The van der Waals surface area contributed by atoms with Gasteiger partial charge < -0.3 is 24.4 Å². The third-order valence-corrected chi connectivity index (χ3v) is 21.4. The quantitative estimate of drug-likeness (QED) is 0.0213. The van der Waals surface area contributed by atoms with Crippen molar-refractivity contribution in [1.29, 1.82) is 0 Å². The van der Waals surface area contributed by atoms with Crippen molar-refractivity contribution in [2.24, 2.45) is 10.8 Å². The minimum atomic E-state index is -0.885. The lowest BCUT2D eigenvalue weighted by Crippen LogP contribution is -2.42. The summed E-state index contributed by atoms with van der Waals surface area (Å²) in [5.41, 5.74) is 12.4. The molecule has 0 unspecified atom stereocenters. The van der Waals surface area contributed by atoms with Crippen molar-refractivity contribution in [1.82, 2.24) is 0 Å². The Hall–Kier alpha value is -9.12. The van der Waals surface area contributed by atoms with Crippen LogP contribution in [0.25, 0.3) is 0 Å². The molecule has 2 heterocycles. The number of esters is 1. The van der Waals surface area contributed by atoms with Gasteiger partial charge in [-0.3, -0.25) is 0 Å². The zero-order chi connectivity index (χ0) is 72.5. The summed E-state index contributed by atoms with van der Waals surface area (Å²) in [6, 6.07) is 101. The van der Waals surface area contributed by atoms with Crippen LogP contribution >= 0.6 is 23.5 Å². The Morgan fingerprint density at radius 3 is 1.22 bits per heavy atom. The summed E-state index contributed by atoms with van der Waals surface area (Å²) < 4.78 is 12.3. The molecule has 0 aliphatic carbocycles. The first-order valence-corrected chi connectivity index (χ1v) is 38.5. The number of carbonyl (C=O) groups is 2. The zero-order valence-corrected chi connectivity index (χ0v) is 63.3. The smallest absolute Gasteiger partial charge is 0.336 e. The van der Waals surface area contributed by atoms with Gasteiger partial charge in [-0.1, -0.05) is 334 Å². The topological polar surface area (TPSA) is 82.6 Å². The molecule has 2 aliphatic heterocycles. The molecule has 532 valence electrons. The minimum Gasteiger partial charge on any atom is -0.478 e. The van der Waals surface area contributed by atoms with Gasteiger partial charge in [0.1, 0.15) is 5.60 Å². The van der Waals surface area contributed by atoms with Crippen LogP contribution in [-0.4, -0.2) is 34.9 Å². The molecule has 0 spiro atoms. The molecule has 2 aliphatic rings. The summed E-state index contributed by atoms with van der Waals surface area (Å²) >= 11 is 3.20. The summed E-state index contributed by atoms with van der Waals surface area (Å²) in [5.74, 6) is -1.51. The number of ether oxygens (including phenoxy) is 2. The number of hydrogen-bond donors (Lipinski definition) is 1. The number of epoxide rings is 1. The van der Waals surface area contributed by atoms with Crippen molar-refractivity contribution < 1.29 is 24.2 Å². The molecular weight excluding hydrogens is 1300 g/mol. The van der Waals surface area contributed by atoms with Crippen molar-refractivity contribution in [2.75, 3.05) is 16.4 Å². The van der Waals surface area contributed by atoms with Gasteiger partial charge in [-0.2, -0.15) is 0 Å². The normalized spacial score (nSPS) is 16.4. The van der Waals surface area contributed by atoms with Gasteiger partial charge in [0.2, 0.25) is 0 Å². The third-order valence-electron chi connectivity index (χ3n) is 19.3. The van der Waals surface area contributed by atoms with E-state index in [4.69, 9.17) is 9.47 Å². The molecule has 103 heavy (non-hydrogen) atoms. The molecule has 0 amide bonds.